The highest BCUT2D eigenvalue weighted by Gasteiger charge is 2.16. The van der Waals surface area contributed by atoms with Gasteiger partial charge in [0.2, 0.25) is 0 Å². The van der Waals surface area contributed by atoms with E-state index in [1.807, 2.05) is 6.92 Å². The molecule has 3 heteroatoms. The van der Waals surface area contributed by atoms with Crippen molar-refractivity contribution in [3.8, 4) is 0 Å². The van der Waals surface area contributed by atoms with Gasteiger partial charge < -0.3 is 5.73 Å². The lowest BCUT2D eigenvalue weighted by Gasteiger charge is -2.29. The minimum Gasteiger partial charge on any atom is -0.386 e. The summed E-state index contributed by atoms with van der Waals surface area (Å²) in [6.45, 7) is 4.26. The second-order valence-corrected chi connectivity index (χ2v) is 3.94. The first kappa shape index (κ1) is 10.5. The Kier molecular flexibility index (Phi) is 4.22. The van der Waals surface area contributed by atoms with E-state index >= 15 is 0 Å². The first-order valence-corrected chi connectivity index (χ1v) is 5.30. The largest absolute Gasteiger partial charge is 0.386 e. The van der Waals surface area contributed by atoms with E-state index in [0.29, 0.717) is 5.84 Å². The molecule has 0 spiro atoms. The van der Waals surface area contributed by atoms with Crippen LogP contribution in [0.25, 0.3) is 0 Å². The lowest BCUT2D eigenvalue weighted by Crippen LogP contribution is -2.43. The summed E-state index contributed by atoms with van der Waals surface area (Å²) in [6, 6.07) is 0.137. The fourth-order valence-electron chi connectivity index (χ4n) is 1.86. The molecule has 1 unspecified atom stereocenters. The zero-order chi connectivity index (χ0) is 9.68. The van der Waals surface area contributed by atoms with Gasteiger partial charge in [-0.05, 0) is 32.9 Å². The van der Waals surface area contributed by atoms with Crippen LogP contribution in [0.15, 0.2) is 0 Å². The van der Waals surface area contributed by atoms with Crippen molar-refractivity contribution >= 4 is 5.84 Å². The smallest absolute Gasteiger partial charge is 0.108 e. The molecule has 0 amide bonds. The zero-order valence-electron chi connectivity index (χ0n) is 8.55. The van der Waals surface area contributed by atoms with Crippen LogP contribution in [0.3, 0.4) is 0 Å². The predicted molar refractivity (Wildman–Crippen MR) is 56.0 cm³/mol. The number of nitrogens with two attached hydrogens (primary N) is 1. The van der Waals surface area contributed by atoms with Gasteiger partial charge in [-0.15, -0.1) is 0 Å². The van der Waals surface area contributed by atoms with Gasteiger partial charge >= 0.3 is 0 Å². The van der Waals surface area contributed by atoms with E-state index < -0.39 is 0 Å². The molecular formula is C10H21N3. The molecule has 0 aromatic rings. The van der Waals surface area contributed by atoms with Crippen LogP contribution in [0.5, 0.6) is 0 Å². The number of hydrogen-bond donors (Lipinski definition) is 2. The molecule has 0 aromatic carbocycles. The summed E-state index contributed by atoms with van der Waals surface area (Å²) in [4.78, 5) is 2.33. The van der Waals surface area contributed by atoms with Crippen molar-refractivity contribution < 1.29 is 0 Å². The summed E-state index contributed by atoms with van der Waals surface area (Å²) in [5.41, 5.74) is 5.50. The molecular weight excluding hydrogens is 162 g/mol. The third kappa shape index (κ3) is 3.35. The van der Waals surface area contributed by atoms with Crippen molar-refractivity contribution in [1.29, 1.82) is 5.41 Å². The van der Waals surface area contributed by atoms with E-state index in [1.165, 1.54) is 32.1 Å². The average molecular weight is 183 g/mol. The Morgan fingerprint density at radius 2 is 1.62 bits per heavy atom. The van der Waals surface area contributed by atoms with Crippen molar-refractivity contribution in [2.24, 2.45) is 5.73 Å². The summed E-state index contributed by atoms with van der Waals surface area (Å²) >= 11 is 0. The highest BCUT2D eigenvalue weighted by atomic mass is 15.2. The van der Waals surface area contributed by atoms with Gasteiger partial charge in [-0.1, -0.05) is 19.3 Å². The minimum absolute atomic E-state index is 0.137. The Balaban J connectivity index is 2.40. The van der Waals surface area contributed by atoms with E-state index in [9.17, 15) is 0 Å². The van der Waals surface area contributed by atoms with Gasteiger partial charge in [-0.2, -0.15) is 0 Å². The Hall–Kier alpha value is -0.570. The van der Waals surface area contributed by atoms with Crippen LogP contribution < -0.4 is 5.73 Å². The third-order valence-corrected chi connectivity index (χ3v) is 2.89. The maximum atomic E-state index is 7.40. The molecule has 0 bridgehead atoms. The second-order valence-electron chi connectivity index (χ2n) is 3.94. The van der Waals surface area contributed by atoms with E-state index in [4.69, 9.17) is 11.1 Å². The van der Waals surface area contributed by atoms with Crippen LogP contribution in [0.4, 0.5) is 0 Å². The summed E-state index contributed by atoms with van der Waals surface area (Å²) < 4.78 is 0. The third-order valence-electron chi connectivity index (χ3n) is 2.89. The van der Waals surface area contributed by atoms with E-state index in [2.05, 4.69) is 4.90 Å². The fraction of sp³-hybridized carbons (Fsp3) is 0.900. The Morgan fingerprint density at radius 1 is 1.15 bits per heavy atom. The van der Waals surface area contributed by atoms with E-state index in [-0.39, 0.29) is 6.04 Å². The molecule has 0 radical (unpaired) electrons. The molecule has 3 N–H and O–H groups in total. The molecule has 13 heavy (non-hydrogen) atoms. The summed E-state index contributed by atoms with van der Waals surface area (Å²) in [6.07, 6.45) is 6.57. The lowest BCUT2D eigenvalue weighted by atomic mass is 10.1. The molecule has 1 atom stereocenters. The molecule has 1 saturated heterocycles. The second kappa shape index (κ2) is 5.22. The molecule has 76 valence electrons. The van der Waals surface area contributed by atoms with Gasteiger partial charge in [-0.3, -0.25) is 10.3 Å². The summed E-state index contributed by atoms with van der Waals surface area (Å²) in [5.74, 6) is 0.306. The Labute approximate surface area is 80.8 Å². The van der Waals surface area contributed by atoms with Crippen molar-refractivity contribution in [1.82, 2.24) is 4.90 Å². The normalized spacial score (nSPS) is 23.2. The topological polar surface area (TPSA) is 53.1 Å². The van der Waals surface area contributed by atoms with Crippen LogP contribution in [0.1, 0.15) is 39.0 Å². The highest BCUT2D eigenvalue weighted by Crippen LogP contribution is 2.12. The Bertz CT molecular complexity index is 160. The van der Waals surface area contributed by atoms with Crippen molar-refractivity contribution in [3.05, 3.63) is 0 Å². The number of rotatable bonds is 2. The molecule has 0 aromatic heterocycles. The maximum Gasteiger partial charge on any atom is 0.108 e. The monoisotopic (exact) mass is 183 g/mol. The minimum atomic E-state index is 0.137. The molecule has 1 aliphatic heterocycles. The van der Waals surface area contributed by atoms with Crippen molar-refractivity contribution in [2.75, 3.05) is 13.1 Å². The number of hydrogen-bond acceptors (Lipinski definition) is 2. The summed E-state index contributed by atoms with van der Waals surface area (Å²) in [5, 5.41) is 7.40. The van der Waals surface area contributed by atoms with Crippen LogP contribution in [0.2, 0.25) is 0 Å². The lowest BCUT2D eigenvalue weighted by molar-refractivity contribution is 0.228. The van der Waals surface area contributed by atoms with Gasteiger partial charge in [0.1, 0.15) is 5.84 Å². The first-order valence-electron chi connectivity index (χ1n) is 5.30. The number of nitrogens with zero attached hydrogens (tertiary/aromatic N) is 1. The number of nitrogens with one attached hydrogen (secondary N) is 1. The van der Waals surface area contributed by atoms with Gasteiger partial charge in [0.15, 0.2) is 0 Å². The predicted octanol–water partition coefficient (Wildman–Crippen LogP) is 1.58. The van der Waals surface area contributed by atoms with Gasteiger partial charge in [0.05, 0.1) is 6.04 Å². The fourth-order valence-corrected chi connectivity index (χ4v) is 1.86. The molecule has 1 aliphatic rings. The number of likely N-dealkylation sites (tertiary alicyclic amines) is 1. The Morgan fingerprint density at radius 3 is 2.08 bits per heavy atom. The first-order chi connectivity index (χ1) is 6.22. The molecule has 0 saturated carbocycles. The molecule has 0 aliphatic carbocycles. The van der Waals surface area contributed by atoms with Gasteiger partial charge in [-0.25, -0.2) is 0 Å². The van der Waals surface area contributed by atoms with Crippen molar-refractivity contribution in [2.45, 2.75) is 45.1 Å². The average Bonchev–Trinajstić information content (AvgIpc) is 2.02. The SMILES string of the molecule is CC(C(=N)N)N1CCCCCCC1. The molecule has 1 rings (SSSR count). The van der Waals surface area contributed by atoms with E-state index in [0.717, 1.165) is 13.1 Å². The standard InChI is InChI=1S/C10H21N3/c1-9(10(11)12)13-7-5-3-2-4-6-8-13/h9H,2-8H2,1H3,(H3,11,12). The van der Waals surface area contributed by atoms with Crippen LogP contribution in [0, 0.1) is 5.41 Å². The van der Waals surface area contributed by atoms with Crippen LogP contribution in [-0.4, -0.2) is 29.9 Å². The van der Waals surface area contributed by atoms with Crippen LogP contribution >= 0.6 is 0 Å². The maximum absolute atomic E-state index is 7.40. The van der Waals surface area contributed by atoms with Crippen molar-refractivity contribution in [3.63, 3.8) is 0 Å². The summed E-state index contributed by atoms with van der Waals surface area (Å²) in [7, 11) is 0. The molecule has 1 fully saturated rings. The van der Waals surface area contributed by atoms with Crippen LogP contribution in [-0.2, 0) is 0 Å². The molecule has 3 nitrogen and oxygen atoms in total. The van der Waals surface area contributed by atoms with Gasteiger partial charge in [0, 0.05) is 0 Å². The van der Waals surface area contributed by atoms with E-state index in [1.54, 1.807) is 0 Å². The zero-order valence-corrected chi connectivity index (χ0v) is 8.55. The molecule has 1 heterocycles. The number of amidine groups is 1. The quantitative estimate of drug-likeness (QED) is 0.504. The highest BCUT2D eigenvalue weighted by molar-refractivity contribution is 5.82. The van der Waals surface area contributed by atoms with Gasteiger partial charge in [0.25, 0.3) is 0 Å².